The van der Waals surface area contributed by atoms with Gasteiger partial charge in [0, 0.05) is 10.8 Å². The first-order valence-corrected chi connectivity index (χ1v) is 5.63. The Hall–Kier alpha value is -2.10. The Morgan fingerprint density at radius 1 is 1.24 bits per heavy atom. The average molecular weight is 226 g/mol. The highest BCUT2D eigenvalue weighted by molar-refractivity contribution is 6.00. The Kier molecular flexibility index (Phi) is 1.90. The fourth-order valence-electron chi connectivity index (χ4n) is 2.35. The van der Waals surface area contributed by atoms with Crippen molar-refractivity contribution in [2.24, 2.45) is 5.73 Å². The first kappa shape index (κ1) is 10.1. The summed E-state index contributed by atoms with van der Waals surface area (Å²) in [7, 11) is 0. The lowest BCUT2D eigenvalue weighted by Gasteiger charge is -2.16. The van der Waals surface area contributed by atoms with E-state index in [4.69, 9.17) is 16.9 Å². The summed E-state index contributed by atoms with van der Waals surface area (Å²) >= 11 is 0. The van der Waals surface area contributed by atoms with Crippen molar-refractivity contribution in [2.75, 3.05) is 5.73 Å². The van der Waals surface area contributed by atoms with Crippen molar-refractivity contribution in [1.29, 1.82) is 5.41 Å². The Balaban J connectivity index is 2.32. The van der Waals surface area contributed by atoms with Crippen LogP contribution in [0, 0.1) is 5.41 Å². The molecule has 2 aromatic rings. The number of nitrogens with one attached hydrogen (secondary N) is 1. The number of nitrogen functional groups attached to an aromatic ring is 1. The van der Waals surface area contributed by atoms with Crippen molar-refractivity contribution in [3.63, 3.8) is 0 Å². The summed E-state index contributed by atoms with van der Waals surface area (Å²) in [5.74, 6) is 0.208. The normalized spacial score (nSPS) is 16.9. The van der Waals surface area contributed by atoms with E-state index in [1.165, 1.54) is 0 Å². The van der Waals surface area contributed by atoms with Crippen molar-refractivity contribution in [2.45, 2.75) is 18.3 Å². The first-order valence-electron chi connectivity index (χ1n) is 5.63. The van der Waals surface area contributed by atoms with Gasteiger partial charge in [0.2, 0.25) is 0 Å². The van der Waals surface area contributed by atoms with Crippen LogP contribution in [0.5, 0.6) is 0 Å². The highest BCUT2D eigenvalue weighted by Crippen LogP contribution is 2.49. The number of nitrogens with zero attached hydrogens (tertiary/aromatic N) is 1. The van der Waals surface area contributed by atoms with Crippen LogP contribution in [0.25, 0.3) is 10.8 Å². The molecule has 4 heteroatoms. The number of aromatic nitrogens is 1. The van der Waals surface area contributed by atoms with Crippen LogP contribution in [-0.4, -0.2) is 10.8 Å². The molecule has 86 valence electrons. The Labute approximate surface area is 99.2 Å². The van der Waals surface area contributed by atoms with Crippen LogP contribution in [-0.2, 0) is 5.41 Å². The second kappa shape index (κ2) is 3.20. The third-order valence-electron chi connectivity index (χ3n) is 3.54. The van der Waals surface area contributed by atoms with Crippen LogP contribution in [0.3, 0.4) is 0 Å². The van der Waals surface area contributed by atoms with Gasteiger partial charge in [-0.1, -0.05) is 24.3 Å². The molecule has 0 saturated heterocycles. The number of hydrogen-bond acceptors (Lipinski definition) is 3. The number of anilines is 1. The summed E-state index contributed by atoms with van der Waals surface area (Å²) in [6.07, 6.45) is 3.48. The summed E-state index contributed by atoms with van der Waals surface area (Å²) in [4.78, 5) is 4.42. The smallest absolute Gasteiger partial charge is 0.103 e. The quantitative estimate of drug-likeness (QED) is 0.538. The molecule has 0 amide bonds. The largest absolute Gasteiger partial charge is 0.397 e. The van der Waals surface area contributed by atoms with E-state index >= 15 is 0 Å². The fourth-order valence-corrected chi connectivity index (χ4v) is 2.35. The predicted octanol–water partition coefficient (Wildman–Crippen LogP) is 1.78. The van der Waals surface area contributed by atoms with E-state index in [0.29, 0.717) is 5.69 Å². The SMILES string of the molecule is N=C(N)C1(c2ncc(N)c3ccccc23)CC1. The number of hydrogen-bond donors (Lipinski definition) is 3. The molecule has 4 nitrogen and oxygen atoms in total. The Morgan fingerprint density at radius 3 is 2.47 bits per heavy atom. The Morgan fingerprint density at radius 2 is 1.88 bits per heavy atom. The second-order valence-corrected chi connectivity index (χ2v) is 4.60. The van der Waals surface area contributed by atoms with E-state index in [1.54, 1.807) is 6.20 Å². The molecular weight excluding hydrogens is 212 g/mol. The molecule has 0 radical (unpaired) electrons. The molecule has 1 aromatic heterocycles. The van der Waals surface area contributed by atoms with Crippen LogP contribution < -0.4 is 11.5 Å². The molecule has 1 aliphatic carbocycles. The van der Waals surface area contributed by atoms with Crippen LogP contribution in [0.1, 0.15) is 18.5 Å². The van der Waals surface area contributed by atoms with Gasteiger partial charge < -0.3 is 11.5 Å². The molecule has 0 spiro atoms. The second-order valence-electron chi connectivity index (χ2n) is 4.60. The zero-order valence-electron chi connectivity index (χ0n) is 9.40. The maximum Gasteiger partial charge on any atom is 0.103 e. The first-order chi connectivity index (χ1) is 8.15. The monoisotopic (exact) mass is 226 g/mol. The molecule has 0 bridgehead atoms. The third-order valence-corrected chi connectivity index (χ3v) is 3.54. The van der Waals surface area contributed by atoms with Gasteiger partial charge in [-0.15, -0.1) is 0 Å². The van der Waals surface area contributed by atoms with Crippen molar-refractivity contribution < 1.29 is 0 Å². The molecular formula is C13H14N4. The number of pyridine rings is 1. The van der Waals surface area contributed by atoms with Crippen LogP contribution in [0.15, 0.2) is 30.5 Å². The molecule has 0 unspecified atom stereocenters. The van der Waals surface area contributed by atoms with E-state index < -0.39 is 0 Å². The highest BCUT2D eigenvalue weighted by atomic mass is 14.9. The van der Waals surface area contributed by atoms with Crippen LogP contribution >= 0.6 is 0 Å². The van der Waals surface area contributed by atoms with Gasteiger partial charge in [-0.3, -0.25) is 10.4 Å². The van der Waals surface area contributed by atoms with E-state index in [-0.39, 0.29) is 11.3 Å². The summed E-state index contributed by atoms with van der Waals surface area (Å²) in [5, 5.41) is 9.74. The predicted molar refractivity (Wildman–Crippen MR) is 69.0 cm³/mol. The summed E-state index contributed by atoms with van der Waals surface area (Å²) in [5.41, 5.74) is 12.9. The lowest BCUT2D eigenvalue weighted by atomic mass is 9.95. The van der Waals surface area contributed by atoms with Gasteiger partial charge in [0.05, 0.1) is 23.0 Å². The van der Waals surface area contributed by atoms with Gasteiger partial charge in [-0.25, -0.2) is 0 Å². The molecule has 1 heterocycles. The lowest BCUT2D eigenvalue weighted by molar-refractivity contribution is 0.883. The molecule has 1 aromatic carbocycles. The minimum atomic E-state index is -0.340. The van der Waals surface area contributed by atoms with Gasteiger partial charge in [-0.2, -0.15) is 0 Å². The van der Waals surface area contributed by atoms with Crippen molar-refractivity contribution >= 4 is 22.3 Å². The summed E-state index contributed by atoms with van der Waals surface area (Å²) in [6, 6.07) is 7.89. The molecule has 3 rings (SSSR count). The van der Waals surface area contributed by atoms with Gasteiger partial charge in [0.15, 0.2) is 0 Å². The molecule has 1 fully saturated rings. The number of amidine groups is 1. The van der Waals surface area contributed by atoms with Crippen LogP contribution in [0.2, 0.25) is 0 Å². The fraction of sp³-hybridized carbons (Fsp3) is 0.231. The number of nitrogens with two attached hydrogens (primary N) is 2. The van der Waals surface area contributed by atoms with Crippen molar-refractivity contribution in [3.8, 4) is 0 Å². The number of fused-ring (bicyclic) bond motifs is 1. The average Bonchev–Trinajstić information content (AvgIpc) is 3.11. The number of rotatable bonds is 2. The topological polar surface area (TPSA) is 88.8 Å². The van der Waals surface area contributed by atoms with Crippen molar-refractivity contribution in [3.05, 3.63) is 36.2 Å². The maximum absolute atomic E-state index is 7.73. The third kappa shape index (κ3) is 1.30. The maximum atomic E-state index is 7.73. The number of benzene rings is 1. The highest BCUT2D eigenvalue weighted by Gasteiger charge is 2.49. The Bertz CT molecular complexity index is 614. The summed E-state index contributed by atoms with van der Waals surface area (Å²) < 4.78 is 0. The zero-order valence-corrected chi connectivity index (χ0v) is 9.40. The minimum absolute atomic E-state index is 0.208. The molecule has 0 aliphatic heterocycles. The van der Waals surface area contributed by atoms with E-state index in [0.717, 1.165) is 29.3 Å². The van der Waals surface area contributed by atoms with E-state index in [9.17, 15) is 0 Å². The molecule has 1 aliphatic rings. The molecule has 17 heavy (non-hydrogen) atoms. The zero-order chi connectivity index (χ0) is 12.0. The van der Waals surface area contributed by atoms with Crippen molar-refractivity contribution in [1.82, 2.24) is 4.98 Å². The molecule has 1 saturated carbocycles. The summed E-state index contributed by atoms with van der Waals surface area (Å²) in [6.45, 7) is 0. The van der Waals surface area contributed by atoms with Gasteiger partial charge in [0.25, 0.3) is 0 Å². The molecule has 5 N–H and O–H groups in total. The lowest BCUT2D eigenvalue weighted by Crippen LogP contribution is -2.28. The van der Waals surface area contributed by atoms with Gasteiger partial charge >= 0.3 is 0 Å². The van der Waals surface area contributed by atoms with Gasteiger partial charge in [0.1, 0.15) is 5.84 Å². The van der Waals surface area contributed by atoms with E-state index in [2.05, 4.69) is 4.98 Å². The minimum Gasteiger partial charge on any atom is -0.397 e. The van der Waals surface area contributed by atoms with E-state index in [1.807, 2.05) is 24.3 Å². The standard InChI is InChI=1S/C13H14N4/c14-10-7-17-11(13(5-6-13)12(15)16)9-4-2-1-3-8(9)10/h1-4,7H,5-6,14H2,(H3,15,16). The van der Waals surface area contributed by atoms with Crippen LogP contribution in [0.4, 0.5) is 5.69 Å². The molecule has 0 atom stereocenters. The van der Waals surface area contributed by atoms with Gasteiger partial charge in [-0.05, 0) is 12.8 Å².